The second kappa shape index (κ2) is 19.7. The van der Waals surface area contributed by atoms with Crippen molar-refractivity contribution in [3.05, 3.63) is 0 Å². The summed E-state index contributed by atoms with van der Waals surface area (Å²) in [6.07, 6.45) is 2.54. The molecule has 7 fully saturated rings. The maximum atomic E-state index is 12.5. The Morgan fingerprint density at radius 1 is 0.742 bits per heavy atom. The number of carbonyl (C=O) groups excluding carboxylic acids is 3. The number of fused-ring (bicyclic) bond motifs is 2. The molecule has 2 saturated carbocycles. The Hall–Kier alpha value is -2.90. The zero-order valence-corrected chi connectivity index (χ0v) is 38.3. The van der Waals surface area contributed by atoms with Gasteiger partial charge in [-0.2, -0.15) is 5.26 Å². The first-order valence-electron chi connectivity index (χ1n) is 22.7. The lowest BCUT2D eigenvalue weighted by atomic mass is 9.78. The summed E-state index contributed by atoms with van der Waals surface area (Å²) < 4.78 is 36.0. The Morgan fingerprint density at radius 2 is 1.19 bits per heavy atom. The van der Waals surface area contributed by atoms with Gasteiger partial charge in [-0.05, 0) is 118 Å². The summed E-state index contributed by atoms with van der Waals surface area (Å²) in [5.41, 5.74) is 4.74. The SMILES string of the molecule is CN(C)C(=O)O[C@@H]1CC[C@@]2(CN3CCC(N)CC3)OC(C)(C)O[C@H]2[C@@H]1O.CN(C)C(=O)O[C@@H]1CC[C@@]2(CN3CCC(NCC(=O)N4CCC[C@H]4C#N)CC3)OC(C)(C)O[C@H]2[C@@H]1O. The molecule has 5 heterocycles. The highest BCUT2D eigenvalue weighted by Gasteiger charge is 2.62. The Kier molecular flexibility index (Phi) is 15.4. The molecule has 3 amide bonds. The third-order valence-electron chi connectivity index (χ3n) is 13.5. The van der Waals surface area contributed by atoms with Crippen LogP contribution >= 0.6 is 0 Å². The normalized spacial score (nSPS) is 36.1. The Morgan fingerprint density at radius 3 is 1.63 bits per heavy atom. The predicted molar refractivity (Wildman–Crippen MR) is 225 cm³/mol. The molecule has 0 radical (unpaired) electrons. The summed E-state index contributed by atoms with van der Waals surface area (Å²) in [6.45, 7) is 13.2. The molecule has 352 valence electrons. The van der Waals surface area contributed by atoms with Gasteiger partial charge >= 0.3 is 12.2 Å². The fourth-order valence-corrected chi connectivity index (χ4v) is 10.4. The molecule has 0 unspecified atom stereocenters. The number of hydrogen-bond donors (Lipinski definition) is 4. The van der Waals surface area contributed by atoms with Crippen LogP contribution in [0.3, 0.4) is 0 Å². The van der Waals surface area contributed by atoms with Crippen molar-refractivity contribution >= 4 is 18.1 Å². The number of ether oxygens (including phenoxy) is 6. The van der Waals surface area contributed by atoms with Gasteiger partial charge in [0.1, 0.15) is 53.9 Å². The van der Waals surface area contributed by atoms with Gasteiger partial charge in [0.25, 0.3) is 0 Å². The largest absolute Gasteiger partial charge is 0.443 e. The van der Waals surface area contributed by atoms with Crippen LogP contribution in [-0.4, -0.2) is 211 Å². The van der Waals surface area contributed by atoms with Crippen molar-refractivity contribution in [1.29, 1.82) is 5.26 Å². The summed E-state index contributed by atoms with van der Waals surface area (Å²) in [5, 5.41) is 34.6. The summed E-state index contributed by atoms with van der Waals surface area (Å²) >= 11 is 0. The molecule has 5 aliphatic heterocycles. The van der Waals surface area contributed by atoms with E-state index in [0.717, 1.165) is 64.7 Å². The number of amides is 3. The number of rotatable bonds is 9. The molecule has 7 rings (SSSR count). The Balaban J connectivity index is 0.000000218. The van der Waals surface area contributed by atoms with Crippen LogP contribution < -0.4 is 11.1 Å². The number of hydrogen-bond acceptors (Lipinski definition) is 16. The first kappa shape index (κ1) is 48.6. The van der Waals surface area contributed by atoms with Gasteiger partial charge < -0.3 is 74.2 Å². The fourth-order valence-electron chi connectivity index (χ4n) is 10.4. The number of carbonyl (C=O) groups is 3. The number of aliphatic hydroxyl groups is 2. The average molecular weight is 879 g/mol. The number of piperidine rings is 2. The van der Waals surface area contributed by atoms with Gasteiger partial charge in [0.05, 0.1) is 12.6 Å². The van der Waals surface area contributed by atoms with Gasteiger partial charge in [0.2, 0.25) is 5.91 Å². The van der Waals surface area contributed by atoms with Crippen LogP contribution in [-0.2, 0) is 33.2 Å². The van der Waals surface area contributed by atoms with Gasteiger partial charge in [-0.15, -0.1) is 0 Å². The first-order valence-corrected chi connectivity index (χ1v) is 22.7. The van der Waals surface area contributed by atoms with E-state index in [1.54, 1.807) is 33.1 Å². The number of likely N-dealkylation sites (tertiary alicyclic amines) is 3. The van der Waals surface area contributed by atoms with E-state index in [9.17, 15) is 29.9 Å². The molecular formula is C43H74N8O11. The molecule has 9 atom stereocenters. The van der Waals surface area contributed by atoms with E-state index >= 15 is 0 Å². The van der Waals surface area contributed by atoms with Crippen LogP contribution in [0.5, 0.6) is 0 Å². The van der Waals surface area contributed by atoms with Crippen molar-refractivity contribution < 1.29 is 53.0 Å². The van der Waals surface area contributed by atoms with Crippen molar-refractivity contribution in [3.63, 3.8) is 0 Å². The standard InChI is InChI=1S/C25H41N5O6.C18H33N3O5/c1-24(2)35-22-21(32)19(34-23(33)28(3)4)7-10-25(22,36-24)16-29-12-8-17(9-13-29)27-15-20(31)30-11-5-6-18(30)14-26;1-17(2)25-15-14(22)13(24-16(23)20(3)4)5-8-18(15,26-17)11-21-9-6-12(19)7-10-21/h17-19,21-22,27,32H,5-13,15-16H2,1-4H3;12-15,22H,5-11,19H2,1-4H3/t18-,19+,21+,22-,25-;13-,14-,15+,18+/m01/s1. The fraction of sp³-hybridized carbons (Fsp3) is 0.907. The molecule has 0 aromatic rings. The predicted octanol–water partition coefficient (Wildman–Crippen LogP) is 1.19. The minimum atomic E-state index is -0.975. The second-order valence-electron chi connectivity index (χ2n) is 19.8. The number of aliphatic hydroxyl groups excluding tert-OH is 2. The molecule has 0 spiro atoms. The molecule has 0 aromatic carbocycles. The topological polar surface area (TPSA) is 225 Å². The Bertz CT molecular complexity index is 1600. The molecule has 19 heteroatoms. The van der Waals surface area contributed by atoms with Crippen LogP contribution in [0.15, 0.2) is 0 Å². The molecule has 0 aromatic heterocycles. The van der Waals surface area contributed by atoms with Crippen molar-refractivity contribution in [3.8, 4) is 6.07 Å². The summed E-state index contributed by atoms with van der Waals surface area (Å²) in [5.74, 6) is -1.62. The zero-order chi connectivity index (χ0) is 45.2. The van der Waals surface area contributed by atoms with Crippen LogP contribution in [0.2, 0.25) is 0 Å². The highest BCUT2D eigenvalue weighted by atomic mass is 16.8. The van der Waals surface area contributed by atoms with Crippen LogP contribution in [0.1, 0.15) is 91.9 Å². The van der Waals surface area contributed by atoms with Gasteiger partial charge in [0, 0.05) is 59.9 Å². The minimum Gasteiger partial charge on any atom is -0.443 e. The van der Waals surface area contributed by atoms with Crippen molar-refractivity contribution in [2.24, 2.45) is 5.73 Å². The van der Waals surface area contributed by atoms with Gasteiger partial charge in [0.15, 0.2) is 11.6 Å². The second-order valence-corrected chi connectivity index (χ2v) is 19.8. The van der Waals surface area contributed by atoms with Gasteiger partial charge in [-0.3, -0.25) is 4.79 Å². The lowest BCUT2D eigenvalue weighted by Crippen LogP contribution is -2.62. The maximum absolute atomic E-state index is 12.5. The molecule has 2 aliphatic carbocycles. The van der Waals surface area contributed by atoms with Gasteiger partial charge in [-0.1, -0.05) is 0 Å². The van der Waals surface area contributed by atoms with Crippen molar-refractivity contribution in [2.45, 2.75) is 169 Å². The number of nitrogens with zero attached hydrogens (tertiary/aromatic N) is 6. The third kappa shape index (κ3) is 11.3. The maximum Gasteiger partial charge on any atom is 0.409 e. The number of nitrogens with two attached hydrogens (primary N) is 1. The van der Waals surface area contributed by atoms with E-state index in [1.165, 1.54) is 9.80 Å². The highest BCUT2D eigenvalue weighted by Crippen LogP contribution is 2.48. The van der Waals surface area contributed by atoms with E-state index in [4.69, 9.17) is 34.2 Å². The molecule has 0 bridgehead atoms. The van der Waals surface area contributed by atoms with Crippen LogP contribution in [0.4, 0.5) is 9.59 Å². The lowest BCUT2D eigenvalue weighted by molar-refractivity contribution is -0.168. The molecule has 7 aliphatic rings. The van der Waals surface area contributed by atoms with Crippen LogP contribution in [0, 0.1) is 11.3 Å². The van der Waals surface area contributed by atoms with E-state index < -0.39 is 71.6 Å². The number of nitrogens with one attached hydrogen (secondary N) is 1. The first-order chi connectivity index (χ1) is 29.1. The molecule has 19 nitrogen and oxygen atoms in total. The molecule has 5 N–H and O–H groups in total. The smallest absolute Gasteiger partial charge is 0.409 e. The summed E-state index contributed by atoms with van der Waals surface area (Å²) in [4.78, 5) is 45.6. The monoisotopic (exact) mass is 879 g/mol. The summed E-state index contributed by atoms with van der Waals surface area (Å²) in [6, 6.07) is 2.44. The minimum absolute atomic E-state index is 0.00246. The van der Waals surface area contributed by atoms with Crippen LogP contribution in [0.25, 0.3) is 0 Å². The Labute approximate surface area is 367 Å². The van der Waals surface area contributed by atoms with Crippen molar-refractivity contribution in [1.82, 2.24) is 29.8 Å². The zero-order valence-electron chi connectivity index (χ0n) is 38.3. The van der Waals surface area contributed by atoms with E-state index in [2.05, 4.69) is 21.2 Å². The molecule has 5 saturated heterocycles. The lowest BCUT2D eigenvalue weighted by Gasteiger charge is -2.46. The average Bonchev–Trinajstić information content (AvgIpc) is 3.89. The van der Waals surface area contributed by atoms with E-state index in [-0.39, 0.29) is 30.6 Å². The number of nitriles is 1. The third-order valence-corrected chi connectivity index (χ3v) is 13.5. The molecular weight excluding hydrogens is 805 g/mol. The van der Waals surface area contributed by atoms with Crippen molar-refractivity contribution in [2.75, 3.05) is 80.5 Å². The highest BCUT2D eigenvalue weighted by molar-refractivity contribution is 5.79. The van der Waals surface area contributed by atoms with Gasteiger partial charge in [-0.25, -0.2) is 9.59 Å². The quantitative estimate of drug-likeness (QED) is 0.255. The van der Waals surface area contributed by atoms with E-state index in [0.29, 0.717) is 45.3 Å². The molecule has 62 heavy (non-hydrogen) atoms. The summed E-state index contributed by atoms with van der Waals surface area (Å²) in [7, 11) is 6.48. The van der Waals surface area contributed by atoms with E-state index in [1.807, 2.05) is 27.7 Å².